The number of nitriles is 1. The van der Waals surface area contributed by atoms with Crippen LogP contribution >= 0.6 is 0 Å². The standard InChI is InChI=1S/C32H33N9O5/c33-16-20-13-24-5-6-28(41(24)36-17-20)27-15-26(37-23-14-29-31(35-18-23)46-12-11-45-29)25(19-34-27)30(42)38-21-1-3-22(4-2-21)39-32(43)40-7-9-44-10-8-40/h5-6,13-15,17-19,21-22H,1-4,7-12H2,(H,34,37)(H,38,42)(H,39,43). The Labute approximate surface area is 264 Å². The molecule has 0 bridgehead atoms. The molecule has 14 nitrogen and oxygen atoms in total. The number of carbonyl (C=O) groups excluding carboxylic acids is 2. The summed E-state index contributed by atoms with van der Waals surface area (Å²) in [5, 5.41) is 23.3. The number of nitrogens with one attached hydrogen (secondary N) is 3. The van der Waals surface area contributed by atoms with Gasteiger partial charge in [0.15, 0.2) is 5.75 Å². The van der Waals surface area contributed by atoms with Gasteiger partial charge in [0.2, 0.25) is 0 Å². The number of hydrogen-bond acceptors (Lipinski definition) is 10. The van der Waals surface area contributed by atoms with Gasteiger partial charge in [-0.2, -0.15) is 10.4 Å². The Morgan fingerprint density at radius 2 is 1.67 bits per heavy atom. The summed E-state index contributed by atoms with van der Waals surface area (Å²) in [5.74, 6) is 0.679. The number of rotatable bonds is 6. The van der Waals surface area contributed by atoms with Crippen molar-refractivity contribution in [1.82, 2.24) is 35.1 Å². The highest BCUT2D eigenvalue weighted by atomic mass is 16.6. The summed E-state index contributed by atoms with van der Waals surface area (Å²) in [5.41, 5.74) is 3.99. The second-order valence-corrected chi connectivity index (χ2v) is 11.4. The summed E-state index contributed by atoms with van der Waals surface area (Å²) in [6, 6.07) is 11.2. The lowest BCUT2D eigenvalue weighted by Crippen LogP contribution is -2.51. The quantitative estimate of drug-likeness (QED) is 0.290. The SMILES string of the molecule is N#Cc1cnn2c(-c3cc(Nc4cnc5c(c4)OCCO5)c(C(=O)NC4CCC(NC(=O)N5CCOCC5)CC4)cn3)ccc2c1. The minimum atomic E-state index is -0.260. The Hall–Kier alpha value is -5.42. The molecule has 1 aliphatic carbocycles. The maximum Gasteiger partial charge on any atom is 0.317 e. The second-order valence-electron chi connectivity index (χ2n) is 11.4. The lowest BCUT2D eigenvalue weighted by atomic mass is 9.91. The fourth-order valence-corrected chi connectivity index (χ4v) is 5.97. The summed E-state index contributed by atoms with van der Waals surface area (Å²) >= 11 is 0. The van der Waals surface area contributed by atoms with E-state index in [4.69, 9.17) is 14.2 Å². The highest BCUT2D eigenvalue weighted by molar-refractivity contribution is 6.00. The molecule has 236 valence electrons. The zero-order chi connectivity index (χ0) is 31.5. The Morgan fingerprint density at radius 1 is 0.891 bits per heavy atom. The molecule has 4 aromatic heterocycles. The molecular weight excluding hydrogens is 590 g/mol. The lowest BCUT2D eigenvalue weighted by Gasteiger charge is -2.33. The van der Waals surface area contributed by atoms with Crippen LogP contribution in [0.3, 0.4) is 0 Å². The van der Waals surface area contributed by atoms with E-state index in [1.807, 2.05) is 12.1 Å². The molecular formula is C32H33N9O5. The molecule has 4 aromatic rings. The zero-order valence-corrected chi connectivity index (χ0v) is 25.1. The number of aromatic nitrogens is 4. The molecule has 3 aliphatic rings. The molecule has 0 atom stereocenters. The van der Waals surface area contributed by atoms with Crippen LogP contribution in [0.1, 0.15) is 41.6 Å². The number of fused-ring (bicyclic) bond motifs is 2. The first-order valence-electron chi connectivity index (χ1n) is 15.4. The average Bonchev–Trinajstić information content (AvgIpc) is 3.53. The summed E-state index contributed by atoms with van der Waals surface area (Å²) in [6.45, 7) is 3.18. The van der Waals surface area contributed by atoms with Crippen molar-refractivity contribution in [3.8, 4) is 29.1 Å². The van der Waals surface area contributed by atoms with Crippen LogP contribution < -0.4 is 25.4 Å². The molecule has 2 fully saturated rings. The number of morpholine rings is 1. The van der Waals surface area contributed by atoms with Crippen molar-refractivity contribution < 1.29 is 23.8 Å². The number of carbonyl (C=O) groups is 2. The monoisotopic (exact) mass is 623 g/mol. The summed E-state index contributed by atoms with van der Waals surface area (Å²) < 4.78 is 18.3. The Bertz CT molecular complexity index is 1810. The number of pyridine rings is 2. The van der Waals surface area contributed by atoms with Crippen molar-refractivity contribution in [2.75, 3.05) is 44.8 Å². The lowest BCUT2D eigenvalue weighted by molar-refractivity contribution is 0.0520. The minimum absolute atomic E-state index is 0.0411. The van der Waals surface area contributed by atoms with E-state index in [0.717, 1.165) is 31.2 Å². The van der Waals surface area contributed by atoms with Gasteiger partial charge in [-0.05, 0) is 49.9 Å². The van der Waals surface area contributed by atoms with Crippen LogP contribution in [0, 0.1) is 11.3 Å². The summed E-state index contributed by atoms with van der Waals surface area (Å²) in [7, 11) is 0. The topological polar surface area (TPSA) is 168 Å². The first-order valence-corrected chi connectivity index (χ1v) is 15.4. The highest BCUT2D eigenvalue weighted by Crippen LogP contribution is 2.33. The van der Waals surface area contributed by atoms with Crippen molar-refractivity contribution in [3.63, 3.8) is 0 Å². The van der Waals surface area contributed by atoms with Crippen LogP contribution in [-0.4, -0.2) is 88.0 Å². The number of ether oxygens (including phenoxy) is 3. The van der Waals surface area contributed by atoms with Gasteiger partial charge in [-0.15, -0.1) is 0 Å². The van der Waals surface area contributed by atoms with E-state index in [1.54, 1.807) is 40.0 Å². The molecule has 3 amide bonds. The predicted octanol–water partition coefficient (Wildman–Crippen LogP) is 3.26. The van der Waals surface area contributed by atoms with E-state index in [2.05, 4.69) is 37.1 Å². The van der Waals surface area contributed by atoms with E-state index in [-0.39, 0.29) is 24.0 Å². The molecule has 6 heterocycles. The molecule has 46 heavy (non-hydrogen) atoms. The van der Waals surface area contributed by atoms with Gasteiger partial charge in [-0.3, -0.25) is 9.78 Å². The first-order chi connectivity index (χ1) is 22.5. The van der Waals surface area contributed by atoms with Gasteiger partial charge >= 0.3 is 6.03 Å². The largest absolute Gasteiger partial charge is 0.484 e. The van der Waals surface area contributed by atoms with Crippen molar-refractivity contribution >= 4 is 28.8 Å². The van der Waals surface area contributed by atoms with Gasteiger partial charge < -0.3 is 35.1 Å². The molecule has 2 aliphatic heterocycles. The fourth-order valence-electron chi connectivity index (χ4n) is 5.97. The van der Waals surface area contributed by atoms with Crippen LogP contribution in [0.25, 0.3) is 16.9 Å². The van der Waals surface area contributed by atoms with Gasteiger partial charge in [0, 0.05) is 37.4 Å². The van der Waals surface area contributed by atoms with E-state index >= 15 is 0 Å². The number of anilines is 2. The van der Waals surface area contributed by atoms with Gasteiger partial charge in [0.05, 0.1) is 65.0 Å². The van der Waals surface area contributed by atoms with Crippen LogP contribution in [0.5, 0.6) is 11.6 Å². The third-order valence-electron chi connectivity index (χ3n) is 8.41. The third kappa shape index (κ3) is 6.22. The molecule has 0 spiro atoms. The highest BCUT2D eigenvalue weighted by Gasteiger charge is 2.27. The molecule has 3 N–H and O–H groups in total. The Morgan fingerprint density at radius 3 is 2.48 bits per heavy atom. The average molecular weight is 624 g/mol. The fraction of sp³-hybridized carbons (Fsp3) is 0.375. The molecule has 1 saturated carbocycles. The maximum atomic E-state index is 13.7. The van der Waals surface area contributed by atoms with Crippen LogP contribution in [0.2, 0.25) is 0 Å². The van der Waals surface area contributed by atoms with Gasteiger partial charge in [-0.1, -0.05) is 0 Å². The van der Waals surface area contributed by atoms with Crippen LogP contribution in [0.4, 0.5) is 16.2 Å². The van der Waals surface area contributed by atoms with E-state index < -0.39 is 0 Å². The number of urea groups is 1. The Kier molecular flexibility index (Phi) is 8.22. The van der Waals surface area contributed by atoms with Crippen molar-refractivity contribution in [2.45, 2.75) is 37.8 Å². The van der Waals surface area contributed by atoms with Gasteiger partial charge in [0.1, 0.15) is 19.3 Å². The molecule has 0 unspecified atom stereocenters. The molecule has 0 aromatic carbocycles. The smallest absolute Gasteiger partial charge is 0.317 e. The van der Waals surface area contributed by atoms with Crippen molar-refractivity contribution in [3.05, 3.63) is 60.0 Å². The molecule has 0 radical (unpaired) electrons. The Balaban J connectivity index is 1.09. The number of hydrogen-bond donors (Lipinski definition) is 3. The normalized spacial score (nSPS) is 19.2. The van der Waals surface area contributed by atoms with E-state index in [0.29, 0.717) is 85.0 Å². The molecule has 7 rings (SSSR count). The number of nitrogens with zero attached hydrogens (tertiary/aromatic N) is 6. The second kappa shape index (κ2) is 12.9. The molecule has 1 saturated heterocycles. The number of amides is 3. The summed E-state index contributed by atoms with van der Waals surface area (Å²) in [6.07, 6.45) is 7.71. The third-order valence-corrected chi connectivity index (χ3v) is 8.41. The first kappa shape index (κ1) is 29.3. The van der Waals surface area contributed by atoms with Gasteiger partial charge in [0.25, 0.3) is 11.8 Å². The van der Waals surface area contributed by atoms with Gasteiger partial charge in [-0.25, -0.2) is 14.3 Å². The molecule has 14 heteroatoms. The zero-order valence-electron chi connectivity index (χ0n) is 25.1. The summed E-state index contributed by atoms with van der Waals surface area (Å²) in [4.78, 5) is 37.1. The predicted molar refractivity (Wildman–Crippen MR) is 166 cm³/mol. The van der Waals surface area contributed by atoms with E-state index in [1.165, 1.54) is 6.20 Å². The van der Waals surface area contributed by atoms with E-state index in [9.17, 15) is 14.9 Å². The van der Waals surface area contributed by atoms with Crippen molar-refractivity contribution in [1.29, 1.82) is 5.26 Å². The van der Waals surface area contributed by atoms with Crippen LogP contribution in [0.15, 0.2) is 48.9 Å². The maximum absolute atomic E-state index is 13.7. The minimum Gasteiger partial charge on any atom is -0.484 e. The van der Waals surface area contributed by atoms with Crippen LogP contribution in [-0.2, 0) is 4.74 Å². The van der Waals surface area contributed by atoms with Crippen molar-refractivity contribution in [2.24, 2.45) is 0 Å².